The molecule has 1 aliphatic heterocycles. The topological polar surface area (TPSA) is 12.5 Å². The van der Waals surface area contributed by atoms with Crippen molar-refractivity contribution < 1.29 is 4.74 Å². The first-order chi connectivity index (χ1) is 5.24. The van der Waals surface area contributed by atoms with Crippen molar-refractivity contribution in [2.24, 2.45) is 0 Å². The van der Waals surface area contributed by atoms with Gasteiger partial charge in [-0.05, 0) is 27.2 Å². The molecule has 1 atom stereocenters. The molecule has 0 aromatic heterocycles. The molecule has 0 aromatic rings. The van der Waals surface area contributed by atoms with Gasteiger partial charge in [-0.3, -0.25) is 4.90 Å². The maximum atomic E-state index is 5.54. The number of nitrogens with zero attached hydrogens (tertiary/aromatic N) is 1. The highest BCUT2D eigenvalue weighted by Gasteiger charge is 2.23. The maximum absolute atomic E-state index is 5.54. The number of rotatable bonds is 3. The molecule has 0 radical (unpaired) electrons. The number of ether oxygens (including phenoxy) is 1. The smallest absolute Gasteiger partial charge is 0.0714 e. The van der Waals surface area contributed by atoms with Crippen LogP contribution in [0.5, 0.6) is 0 Å². The van der Waals surface area contributed by atoms with E-state index in [0.717, 1.165) is 13.2 Å². The van der Waals surface area contributed by atoms with Gasteiger partial charge in [-0.1, -0.05) is 0 Å². The molecule has 2 heteroatoms. The average molecular weight is 157 g/mol. The van der Waals surface area contributed by atoms with Crippen LogP contribution in [0, 0.1) is 0 Å². The largest absolute Gasteiger partial charge is 0.377 e. The van der Waals surface area contributed by atoms with E-state index in [9.17, 15) is 0 Å². The Labute approximate surface area is 69.5 Å². The SMILES string of the molecule is CCO[C@H]1CCN(C(C)C)C1. The van der Waals surface area contributed by atoms with Crippen molar-refractivity contribution in [2.75, 3.05) is 19.7 Å². The lowest BCUT2D eigenvalue weighted by atomic mass is 10.3. The Kier molecular flexibility index (Phi) is 3.34. The first-order valence-electron chi connectivity index (χ1n) is 4.59. The predicted octanol–water partition coefficient (Wildman–Crippen LogP) is 1.51. The molecule has 0 saturated carbocycles. The second-order valence-electron chi connectivity index (χ2n) is 3.45. The van der Waals surface area contributed by atoms with Crippen LogP contribution in [0.1, 0.15) is 27.2 Å². The van der Waals surface area contributed by atoms with Gasteiger partial charge in [0, 0.05) is 25.7 Å². The van der Waals surface area contributed by atoms with Gasteiger partial charge < -0.3 is 4.74 Å². The fourth-order valence-corrected chi connectivity index (χ4v) is 1.59. The third kappa shape index (κ3) is 2.46. The van der Waals surface area contributed by atoms with Crippen LogP contribution in [0.2, 0.25) is 0 Å². The monoisotopic (exact) mass is 157 g/mol. The summed E-state index contributed by atoms with van der Waals surface area (Å²) in [6.07, 6.45) is 1.72. The standard InChI is InChI=1S/C9H19NO/c1-4-11-9-5-6-10(7-9)8(2)3/h8-9H,4-7H2,1-3H3/t9-/m0/s1. The molecule has 66 valence electrons. The third-order valence-electron chi connectivity index (χ3n) is 2.31. The minimum Gasteiger partial charge on any atom is -0.377 e. The van der Waals surface area contributed by atoms with Crippen LogP contribution in [0.15, 0.2) is 0 Å². The molecular weight excluding hydrogens is 138 g/mol. The molecule has 0 unspecified atom stereocenters. The summed E-state index contributed by atoms with van der Waals surface area (Å²) in [4.78, 5) is 2.47. The van der Waals surface area contributed by atoms with Gasteiger partial charge in [0.15, 0.2) is 0 Å². The van der Waals surface area contributed by atoms with Gasteiger partial charge in [0.05, 0.1) is 6.10 Å². The Morgan fingerprint density at radius 3 is 2.73 bits per heavy atom. The lowest BCUT2D eigenvalue weighted by Gasteiger charge is -2.19. The summed E-state index contributed by atoms with van der Waals surface area (Å²) in [5.74, 6) is 0. The van der Waals surface area contributed by atoms with Crippen LogP contribution in [-0.4, -0.2) is 36.7 Å². The maximum Gasteiger partial charge on any atom is 0.0714 e. The quantitative estimate of drug-likeness (QED) is 0.615. The van der Waals surface area contributed by atoms with Gasteiger partial charge in [0.1, 0.15) is 0 Å². The van der Waals surface area contributed by atoms with Crippen molar-refractivity contribution >= 4 is 0 Å². The van der Waals surface area contributed by atoms with Gasteiger partial charge in [-0.15, -0.1) is 0 Å². The van der Waals surface area contributed by atoms with E-state index in [-0.39, 0.29) is 0 Å². The van der Waals surface area contributed by atoms with Crippen molar-refractivity contribution in [1.29, 1.82) is 0 Å². The van der Waals surface area contributed by atoms with Crippen molar-refractivity contribution in [1.82, 2.24) is 4.90 Å². The summed E-state index contributed by atoms with van der Waals surface area (Å²) in [5.41, 5.74) is 0. The number of hydrogen-bond acceptors (Lipinski definition) is 2. The Bertz CT molecular complexity index is 114. The molecule has 1 fully saturated rings. The Hall–Kier alpha value is -0.0800. The molecule has 1 saturated heterocycles. The minimum atomic E-state index is 0.502. The van der Waals surface area contributed by atoms with Crippen LogP contribution in [0.3, 0.4) is 0 Å². The Morgan fingerprint density at radius 2 is 2.27 bits per heavy atom. The zero-order valence-electron chi connectivity index (χ0n) is 7.84. The highest BCUT2D eigenvalue weighted by Crippen LogP contribution is 2.14. The molecule has 1 aliphatic rings. The highest BCUT2D eigenvalue weighted by atomic mass is 16.5. The van der Waals surface area contributed by atoms with E-state index < -0.39 is 0 Å². The molecule has 0 bridgehead atoms. The van der Waals surface area contributed by atoms with E-state index in [1.165, 1.54) is 13.0 Å². The minimum absolute atomic E-state index is 0.502. The van der Waals surface area contributed by atoms with E-state index in [1.807, 2.05) is 0 Å². The normalized spacial score (nSPS) is 26.7. The first-order valence-corrected chi connectivity index (χ1v) is 4.59. The molecule has 0 N–H and O–H groups in total. The fourth-order valence-electron chi connectivity index (χ4n) is 1.59. The molecule has 0 amide bonds. The van der Waals surface area contributed by atoms with Crippen LogP contribution in [0.25, 0.3) is 0 Å². The molecule has 11 heavy (non-hydrogen) atoms. The fraction of sp³-hybridized carbons (Fsp3) is 1.00. The van der Waals surface area contributed by atoms with Gasteiger partial charge in [-0.2, -0.15) is 0 Å². The summed E-state index contributed by atoms with van der Waals surface area (Å²) < 4.78 is 5.54. The second kappa shape index (κ2) is 4.07. The van der Waals surface area contributed by atoms with E-state index >= 15 is 0 Å². The van der Waals surface area contributed by atoms with Crippen molar-refractivity contribution in [3.63, 3.8) is 0 Å². The van der Waals surface area contributed by atoms with Gasteiger partial charge in [0.25, 0.3) is 0 Å². The first kappa shape index (κ1) is 9.01. The summed E-state index contributed by atoms with van der Waals surface area (Å²) in [5, 5.41) is 0. The number of likely N-dealkylation sites (tertiary alicyclic amines) is 1. The molecule has 0 aromatic carbocycles. The summed E-state index contributed by atoms with van der Waals surface area (Å²) in [6, 6.07) is 0.681. The van der Waals surface area contributed by atoms with Crippen molar-refractivity contribution in [3.8, 4) is 0 Å². The van der Waals surface area contributed by atoms with Crippen LogP contribution in [-0.2, 0) is 4.74 Å². The van der Waals surface area contributed by atoms with Crippen molar-refractivity contribution in [2.45, 2.75) is 39.3 Å². The van der Waals surface area contributed by atoms with Crippen LogP contribution in [0.4, 0.5) is 0 Å². The molecule has 1 rings (SSSR count). The Balaban J connectivity index is 2.23. The average Bonchev–Trinajstić information content (AvgIpc) is 2.37. The molecule has 0 spiro atoms. The summed E-state index contributed by atoms with van der Waals surface area (Å²) >= 11 is 0. The van der Waals surface area contributed by atoms with E-state index in [0.29, 0.717) is 12.1 Å². The number of hydrogen-bond donors (Lipinski definition) is 0. The summed E-state index contributed by atoms with van der Waals surface area (Å²) in [6.45, 7) is 9.76. The van der Waals surface area contributed by atoms with Crippen molar-refractivity contribution in [3.05, 3.63) is 0 Å². The summed E-state index contributed by atoms with van der Waals surface area (Å²) in [7, 11) is 0. The Morgan fingerprint density at radius 1 is 1.55 bits per heavy atom. The van der Waals surface area contributed by atoms with Gasteiger partial charge in [0.2, 0.25) is 0 Å². The third-order valence-corrected chi connectivity index (χ3v) is 2.31. The highest BCUT2D eigenvalue weighted by molar-refractivity contribution is 4.77. The van der Waals surface area contributed by atoms with E-state index in [1.54, 1.807) is 0 Å². The predicted molar refractivity (Wildman–Crippen MR) is 46.7 cm³/mol. The van der Waals surface area contributed by atoms with Crippen LogP contribution >= 0.6 is 0 Å². The lowest BCUT2D eigenvalue weighted by Crippen LogP contribution is -2.29. The zero-order chi connectivity index (χ0) is 8.27. The zero-order valence-corrected chi connectivity index (χ0v) is 7.84. The van der Waals surface area contributed by atoms with E-state index in [2.05, 4.69) is 25.7 Å². The van der Waals surface area contributed by atoms with E-state index in [4.69, 9.17) is 4.74 Å². The molecule has 2 nitrogen and oxygen atoms in total. The molecule has 0 aliphatic carbocycles. The molecular formula is C9H19NO. The van der Waals surface area contributed by atoms with Gasteiger partial charge >= 0.3 is 0 Å². The lowest BCUT2D eigenvalue weighted by molar-refractivity contribution is 0.0661. The van der Waals surface area contributed by atoms with Crippen LogP contribution < -0.4 is 0 Å². The second-order valence-corrected chi connectivity index (χ2v) is 3.45. The van der Waals surface area contributed by atoms with Gasteiger partial charge in [-0.25, -0.2) is 0 Å². The molecule has 1 heterocycles.